The van der Waals surface area contributed by atoms with Gasteiger partial charge in [0.05, 0.1) is 6.04 Å². The van der Waals surface area contributed by atoms with Gasteiger partial charge in [0.15, 0.2) is 0 Å². The van der Waals surface area contributed by atoms with Crippen molar-refractivity contribution >= 4 is 23.6 Å². The van der Waals surface area contributed by atoms with E-state index in [1.807, 2.05) is 13.8 Å². The van der Waals surface area contributed by atoms with Crippen molar-refractivity contribution < 1.29 is 14.0 Å². The summed E-state index contributed by atoms with van der Waals surface area (Å²) in [4.78, 5) is 26.6. The smallest absolute Gasteiger partial charge is 0.243 e. The van der Waals surface area contributed by atoms with E-state index in [0.29, 0.717) is 0 Å². The van der Waals surface area contributed by atoms with E-state index in [1.165, 1.54) is 18.6 Å². The number of carbonyl (C=O) groups excluding carboxylic acids is 2. The van der Waals surface area contributed by atoms with Crippen molar-refractivity contribution in [3.63, 3.8) is 0 Å². The van der Waals surface area contributed by atoms with Crippen LogP contribution in [0.3, 0.4) is 0 Å². The fourth-order valence-corrected chi connectivity index (χ4v) is 5.05. The topological polar surface area (TPSA) is 58.2 Å². The molecule has 1 aromatic rings. The number of rotatable bonds is 5. The third kappa shape index (κ3) is 5.03. The summed E-state index contributed by atoms with van der Waals surface area (Å²) in [6.07, 6.45) is 5.93. The Morgan fingerprint density at radius 3 is 2.59 bits per heavy atom. The zero-order chi connectivity index (χ0) is 19.4. The first-order valence-corrected chi connectivity index (χ1v) is 11.0. The molecule has 3 rings (SSSR count). The van der Waals surface area contributed by atoms with Gasteiger partial charge in [-0.25, -0.2) is 4.39 Å². The zero-order valence-electron chi connectivity index (χ0n) is 16.1. The monoisotopic (exact) mass is 392 g/mol. The third-order valence-electron chi connectivity index (χ3n) is 5.55. The number of carbonyl (C=O) groups is 2. The summed E-state index contributed by atoms with van der Waals surface area (Å²) in [6, 6.07) is 3.97. The number of amides is 2. The van der Waals surface area contributed by atoms with E-state index in [1.54, 1.807) is 17.8 Å². The second kappa shape index (κ2) is 9.09. The van der Waals surface area contributed by atoms with Gasteiger partial charge < -0.3 is 10.6 Å². The van der Waals surface area contributed by atoms with E-state index in [0.717, 1.165) is 48.3 Å². The second-order valence-electron chi connectivity index (χ2n) is 7.95. The molecule has 6 heteroatoms. The molecule has 2 atom stereocenters. The molecular weight excluding hydrogens is 363 g/mol. The highest BCUT2D eigenvalue weighted by atomic mass is 32.2. The molecule has 148 valence electrons. The fourth-order valence-electron chi connectivity index (χ4n) is 3.95. The van der Waals surface area contributed by atoms with Crippen LogP contribution >= 0.6 is 11.8 Å². The van der Waals surface area contributed by atoms with Gasteiger partial charge in [-0.15, -0.1) is 11.8 Å². The Kier molecular flexibility index (Phi) is 6.79. The maximum absolute atomic E-state index is 13.7. The van der Waals surface area contributed by atoms with E-state index >= 15 is 0 Å². The lowest BCUT2D eigenvalue weighted by atomic mass is 9.88. The number of nitrogens with one attached hydrogen (secondary N) is 2. The van der Waals surface area contributed by atoms with E-state index < -0.39 is 6.04 Å². The number of benzene rings is 1. The molecule has 1 aliphatic heterocycles. The normalized spacial score (nSPS) is 21.4. The van der Waals surface area contributed by atoms with E-state index in [-0.39, 0.29) is 35.5 Å². The molecule has 0 unspecified atom stereocenters. The lowest BCUT2D eigenvalue weighted by molar-refractivity contribution is -0.133. The number of hydrogen-bond acceptors (Lipinski definition) is 3. The maximum atomic E-state index is 13.7. The van der Waals surface area contributed by atoms with Crippen molar-refractivity contribution in [1.82, 2.24) is 10.6 Å². The molecular formula is C21H29FN2O2S. The quantitative estimate of drug-likeness (QED) is 0.790. The summed E-state index contributed by atoms with van der Waals surface area (Å²) < 4.78 is 13.7. The van der Waals surface area contributed by atoms with Crippen molar-refractivity contribution in [1.29, 1.82) is 0 Å². The lowest BCUT2D eigenvalue weighted by Crippen LogP contribution is -2.52. The van der Waals surface area contributed by atoms with Crippen LogP contribution in [-0.2, 0) is 9.59 Å². The Bertz CT molecular complexity index is 689. The summed E-state index contributed by atoms with van der Waals surface area (Å²) in [7, 11) is 0. The van der Waals surface area contributed by atoms with Crippen molar-refractivity contribution in [2.45, 2.75) is 69.4 Å². The fraction of sp³-hybridized carbons (Fsp3) is 0.619. The summed E-state index contributed by atoms with van der Waals surface area (Å²) in [5.74, 6) is 0.415. The predicted molar refractivity (Wildman–Crippen MR) is 106 cm³/mol. The first-order valence-electron chi connectivity index (χ1n) is 9.98. The second-order valence-corrected chi connectivity index (χ2v) is 9.08. The molecule has 0 bridgehead atoms. The summed E-state index contributed by atoms with van der Waals surface area (Å²) >= 11 is 1.68. The predicted octanol–water partition coefficient (Wildman–Crippen LogP) is 4.20. The lowest BCUT2D eigenvalue weighted by Gasteiger charge is -2.30. The SMILES string of the molecule is CC(C)[C@H](NC(=O)C1CCCCC1)C(=O)N[C@H]1CCSc2ccc(F)cc21. The molecule has 1 heterocycles. The van der Waals surface area contributed by atoms with Crippen molar-refractivity contribution in [3.8, 4) is 0 Å². The van der Waals surface area contributed by atoms with Crippen LogP contribution in [0.4, 0.5) is 4.39 Å². The molecule has 2 amide bonds. The molecule has 1 aliphatic carbocycles. The number of hydrogen-bond donors (Lipinski definition) is 2. The summed E-state index contributed by atoms with van der Waals surface area (Å²) in [5.41, 5.74) is 0.834. The number of thioether (sulfide) groups is 1. The Balaban J connectivity index is 1.67. The molecule has 1 aromatic carbocycles. The molecule has 1 fully saturated rings. The van der Waals surface area contributed by atoms with Gasteiger partial charge in [0.2, 0.25) is 11.8 Å². The number of fused-ring (bicyclic) bond motifs is 1. The van der Waals surface area contributed by atoms with Crippen molar-refractivity contribution in [2.75, 3.05) is 5.75 Å². The van der Waals surface area contributed by atoms with Crippen LogP contribution in [0.15, 0.2) is 23.1 Å². The van der Waals surface area contributed by atoms with Crippen LogP contribution in [0.2, 0.25) is 0 Å². The van der Waals surface area contributed by atoms with Gasteiger partial charge in [-0.2, -0.15) is 0 Å². The minimum absolute atomic E-state index is 0.00538. The first-order chi connectivity index (χ1) is 13.0. The van der Waals surface area contributed by atoms with Gasteiger partial charge in [-0.1, -0.05) is 33.1 Å². The molecule has 2 N–H and O–H groups in total. The maximum Gasteiger partial charge on any atom is 0.243 e. The summed E-state index contributed by atoms with van der Waals surface area (Å²) in [5, 5.41) is 6.04. The average Bonchev–Trinajstić information content (AvgIpc) is 2.66. The molecule has 0 saturated heterocycles. The highest BCUT2D eigenvalue weighted by Gasteiger charge is 2.31. The van der Waals surface area contributed by atoms with Gasteiger partial charge in [-0.05, 0) is 48.9 Å². The Morgan fingerprint density at radius 2 is 1.89 bits per heavy atom. The summed E-state index contributed by atoms with van der Waals surface area (Å²) in [6.45, 7) is 3.88. The van der Waals surface area contributed by atoms with Gasteiger partial charge in [0.1, 0.15) is 11.9 Å². The van der Waals surface area contributed by atoms with E-state index in [9.17, 15) is 14.0 Å². The zero-order valence-corrected chi connectivity index (χ0v) is 16.9. The van der Waals surface area contributed by atoms with Gasteiger partial charge in [-0.3, -0.25) is 9.59 Å². The largest absolute Gasteiger partial charge is 0.347 e. The standard InChI is InChI=1S/C21H29FN2O2S/c1-13(2)19(24-20(25)14-6-4-3-5-7-14)21(26)23-17-10-11-27-18-9-8-15(22)12-16(17)18/h8-9,12-14,17,19H,3-7,10-11H2,1-2H3,(H,23,26)(H,24,25)/t17-,19-/m0/s1. The Morgan fingerprint density at radius 1 is 1.15 bits per heavy atom. The number of halogens is 1. The van der Waals surface area contributed by atoms with Gasteiger partial charge >= 0.3 is 0 Å². The minimum Gasteiger partial charge on any atom is -0.347 e. The van der Waals surface area contributed by atoms with Crippen molar-refractivity contribution in [3.05, 3.63) is 29.6 Å². The van der Waals surface area contributed by atoms with Crippen LogP contribution in [-0.4, -0.2) is 23.6 Å². The molecule has 0 radical (unpaired) electrons. The minimum atomic E-state index is -0.564. The van der Waals surface area contributed by atoms with Crippen LogP contribution in [0.25, 0.3) is 0 Å². The third-order valence-corrected chi connectivity index (χ3v) is 6.67. The Hall–Kier alpha value is -1.56. The van der Waals surface area contributed by atoms with E-state index in [4.69, 9.17) is 0 Å². The van der Waals surface area contributed by atoms with Crippen LogP contribution in [0.1, 0.15) is 64.0 Å². The highest BCUT2D eigenvalue weighted by Crippen LogP contribution is 2.36. The highest BCUT2D eigenvalue weighted by molar-refractivity contribution is 7.99. The molecule has 0 aromatic heterocycles. The molecule has 2 aliphatic rings. The van der Waals surface area contributed by atoms with Crippen LogP contribution < -0.4 is 10.6 Å². The Labute approximate surface area is 165 Å². The van der Waals surface area contributed by atoms with Gasteiger partial charge in [0.25, 0.3) is 0 Å². The van der Waals surface area contributed by atoms with Gasteiger partial charge in [0, 0.05) is 16.6 Å². The average molecular weight is 393 g/mol. The van der Waals surface area contributed by atoms with Crippen molar-refractivity contribution in [2.24, 2.45) is 11.8 Å². The molecule has 4 nitrogen and oxygen atoms in total. The molecule has 1 saturated carbocycles. The van der Waals surface area contributed by atoms with Crippen LogP contribution in [0, 0.1) is 17.7 Å². The van der Waals surface area contributed by atoms with E-state index in [2.05, 4.69) is 10.6 Å². The first kappa shape index (κ1) is 20.2. The molecule has 27 heavy (non-hydrogen) atoms. The molecule has 0 spiro atoms. The van der Waals surface area contributed by atoms with Crippen LogP contribution in [0.5, 0.6) is 0 Å².